The van der Waals surface area contributed by atoms with Gasteiger partial charge in [0.1, 0.15) is 0 Å². The van der Waals surface area contributed by atoms with Crippen molar-refractivity contribution in [3.05, 3.63) is 29.6 Å². The molecule has 4 rings (SSSR count). The molecular formula is C24H35FN4O5S. The van der Waals surface area contributed by atoms with Gasteiger partial charge in [0.25, 0.3) is 0 Å². The summed E-state index contributed by atoms with van der Waals surface area (Å²) >= 11 is 0. The zero-order valence-electron chi connectivity index (χ0n) is 20.0. The van der Waals surface area contributed by atoms with Gasteiger partial charge in [0.05, 0.1) is 17.9 Å². The number of nitrogens with zero attached hydrogens (tertiary/aromatic N) is 1. The molecule has 2 heterocycles. The van der Waals surface area contributed by atoms with Crippen LogP contribution in [0.3, 0.4) is 0 Å². The number of piperidine rings is 1. The molecule has 3 aliphatic rings. The van der Waals surface area contributed by atoms with E-state index in [1.54, 1.807) is 17.0 Å². The van der Waals surface area contributed by atoms with E-state index in [1.807, 2.05) is 0 Å². The predicted octanol–water partition coefficient (Wildman–Crippen LogP) is 2.22. The molecule has 2 aliphatic heterocycles. The van der Waals surface area contributed by atoms with Crippen LogP contribution in [0.2, 0.25) is 0 Å². The van der Waals surface area contributed by atoms with Crippen LogP contribution in [0.25, 0.3) is 0 Å². The van der Waals surface area contributed by atoms with E-state index < -0.39 is 21.4 Å². The number of sulfonamides is 1. The van der Waals surface area contributed by atoms with E-state index >= 15 is 0 Å². The van der Waals surface area contributed by atoms with Gasteiger partial charge in [-0.15, -0.1) is 0 Å². The van der Waals surface area contributed by atoms with E-state index in [9.17, 15) is 22.4 Å². The number of unbranched alkanes of at least 4 members (excludes halogenated alkanes) is 2. The molecule has 1 aromatic rings. The van der Waals surface area contributed by atoms with E-state index in [0.29, 0.717) is 70.8 Å². The second kappa shape index (κ2) is 11.2. The van der Waals surface area contributed by atoms with Crippen LogP contribution in [-0.4, -0.2) is 63.8 Å². The summed E-state index contributed by atoms with van der Waals surface area (Å²) in [4.78, 5) is 24.6. The van der Waals surface area contributed by atoms with Crippen molar-refractivity contribution in [1.29, 1.82) is 0 Å². The lowest BCUT2D eigenvalue weighted by molar-refractivity contribution is -0.121. The Morgan fingerprint density at radius 1 is 1.14 bits per heavy atom. The first-order valence-electron chi connectivity index (χ1n) is 12.5. The number of ether oxygens (including phenoxy) is 1. The Morgan fingerprint density at radius 3 is 2.63 bits per heavy atom. The fourth-order valence-electron chi connectivity index (χ4n) is 4.64. The van der Waals surface area contributed by atoms with Crippen molar-refractivity contribution in [3.8, 4) is 5.75 Å². The molecule has 0 aromatic heterocycles. The van der Waals surface area contributed by atoms with E-state index in [-0.39, 0.29) is 29.9 Å². The summed E-state index contributed by atoms with van der Waals surface area (Å²) in [7, 11) is -3.60. The number of halogens is 1. The number of hydrogen-bond acceptors (Lipinski definition) is 6. The largest absolute Gasteiger partial charge is 0.490 e. The van der Waals surface area contributed by atoms with Gasteiger partial charge in [-0.05, 0) is 75.2 Å². The smallest absolute Gasteiger partial charge is 0.324 e. The second-order valence-electron chi connectivity index (χ2n) is 9.80. The Labute approximate surface area is 206 Å². The number of carbonyl (C=O) groups excluding carboxylic acids is 2. The van der Waals surface area contributed by atoms with Gasteiger partial charge in [0.15, 0.2) is 11.6 Å². The molecule has 1 aromatic carbocycles. The van der Waals surface area contributed by atoms with Gasteiger partial charge >= 0.3 is 6.03 Å². The highest BCUT2D eigenvalue weighted by Gasteiger charge is 2.38. The van der Waals surface area contributed by atoms with Crippen LogP contribution in [0.4, 0.5) is 9.18 Å². The van der Waals surface area contributed by atoms with E-state index in [0.717, 1.165) is 18.4 Å². The monoisotopic (exact) mass is 510 g/mol. The molecule has 35 heavy (non-hydrogen) atoms. The molecule has 3 fully saturated rings. The van der Waals surface area contributed by atoms with Gasteiger partial charge in [0, 0.05) is 19.5 Å². The number of rotatable bonds is 12. The third-order valence-electron chi connectivity index (χ3n) is 6.95. The summed E-state index contributed by atoms with van der Waals surface area (Å²) in [6.07, 6.45) is 5.36. The molecule has 11 heteroatoms. The Balaban J connectivity index is 1.33. The summed E-state index contributed by atoms with van der Waals surface area (Å²) in [6.45, 7) is 2.67. The minimum atomic E-state index is -3.60. The number of benzene rings is 1. The molecule has 3 N–H and O–H groups in total. The quantitative estimate of drug-likeness (QED) is 0.371. The molecule has 0 atom stereocenters. The standard InChI is InChI=1S/C24H35FN4O5S/c25-20-7-6-19(16-21(20)34-17-18-4-5-18)24(9-11-26-12-10-24)28-35(32,33)15-3-1-2-13-29-14-8-22(30)27-23(29)31/h6-7,16,18,26,28H,1-5,8-15,17H2,(H,27,30,31). The van der Waals surface area contributed by atoms with Gasteiger partial charge in [-0.3, -0.25) is 10.1 Å². The molecule has 194 valence electrons. The Bertz CT molecular complexity index is 1020. The van der Waals surface area contributed by atoms with Crippen molar-refractivity contribution >= 4 is 22.0 Å². The molecule has 9 nitrogen and oxygen atoms in total. The van der Waals surface area contributed by atoms with Crippen molar-refractivity contribution in [1.82, 2.24) is 20.3 Å². The number of imide groups is 1. The number of carbonyl (C=O) groups is 2. The summed E-state index contributed by atoms with van der Waals surface area (Å²) in [6, 6.07) is 4.28. The maximum Gasteiger partial charge on any atom is 0.324 e. The fourth-order valence-corrected chi connectivity index (χ4v) is 6.24. The molecule has 0 radical (unpaired) electrons. The van der Waals surface area contributed by atoms with Crippen LogP contribution in [0.15, 0.2) is 18.2 Å². The van der Waals surface area contributed by atoms with Gasteiger partial charge < -0.3 is 15.0 Å². The van der Waals surface area contributed by atoms with Crippen LogP contribution in [0.5, 0.6) is 5.75 Å². The maximum absolute atomic E-state index is 14.4. The van der Waals surface area contributed by atoms with Gasteiger partial charge in [0.2, 0.25) is 15.9 Å². The van der Waals surface area contributed by atoms with E-state index in [1.165, 1.54) is 6.07 Å². The average Bonchev–Trinajstić information content (AvgIpc) is 3.64. The summed E-state index contributed by atoms with van der Waals surface area (Å²) in [5.74, 6) is -0.0729. The highest BCUT2D eigenvalue weighted by Crippen LogP contribution is 2.36. The molecule has 2 saturated heterocycles. The van der Waals surface area contributed by atoms with Crippen molar-refractivity contribution < 1.29 is 27.1 Å². The second-order valence-corrected chi connectivity index (χ2v) is 11.6. The van der Waals surface area contributed by atoms with E-state index in [4.69, 9.17) is 4.74 Å². The fraction of sp³-hybridized carbons (Fsp3) is 0.667. The van der Waals surface area contributed by atoms with Crippen molar-refractivity contribution in [3.63, 3.8) is 0 Å². The van der Waals surface area contributed by atoms with Gasteiger partial charge in [-0.2, -0.15) is 0 Å². The van der Waals surface area contributed by atoms with Crippen LogP contribution in [0.1, 0.15) is 56.9 Å². The number of nitrogens with one attached hydrogen (secondary N) is 3. The lowest BCUT2D eigenvalue weighted by Crippen LogP contribution is -2.52. The summed E-state index contributed by atoms with van der Waals surface area (Å²) < 4.78 is 49.1. The Morgan fingerprint density at radius 2 is 1.91 bits per heavy atom. The van der Waals surface area contributed by atoms with Crippen LogP contribution in [-0.2, 0) is 20.4 Å². The summed E-state index contributed by atoms with van der Waals surface area (Å²) in [5.41, 5.74) is -0.0890. The highest BCUT2D eigenvalue weighted by molar-refractivity contribution is 7.89. The first-order valence-corrected chi connectivity index (χ1v) is 14.2. The molecule has 3 amide bonds. The van der Waals surface area contributed by atoms with Crippen molar-refractivity contribution in [2.75, 3.05) is 38.5 Å². The Hall–Kier alpha value is -2.24. The molecule has 1 saturated carbocycles. The zero-order valence-corrected chi connectivity index (χ0v) is 20.8. The van der Waals surface area contributed by atoms with Gasteiger partial charge in [-0.1, -0.05) is 12.5 Å². The predicted molar refractivity (Wildman–Crippen MR) is 129 cm³/mol. The third kappa shape index (κ3) is 7.14. The molecule has 0 unspecified atom stereocenters. The van der Waals surface area contributed by atoms with Crippen molar-refractivity contribution in [2.45, 2.75) is 56.9 Å². The number of hydrogen-bond donors (Lipinski definition) is 3. The molecule has 0 spiro atoms. The lowest BCUT2D eigenvalue weighted by atomic mass is 9.82. The normalized spacial score (nSPS) is 20.5. The van der Waals surface area contributed by atoms with Crippen LogP contribution < -0.4 is 20.1 Å². The zero-order chi connectivity index (χ0) is 24.9. The Kier molecular flexibility index (Phi) is 8.28. The molecular weight excluding hydrogens is 475 g/mol. The third-order valence-corrected chi connectivity index (χ3v) is 8.47. The average molecular weight is 511 g/mol. The van der Waals surface area contributed by atoms with E-state index in [2.05, 4.69) is 15.4 Å². The molecule has 1 aliphatic carbocycles. The highest BCUT2D eigenvalue weighted by atomic mass is 32.2. The minimum absolute atomic E-state index is 0.0287. The first-order chi connectivity index (χ1) is 16.8. The van der Waals surface area contributed by atoms with Crippen LogP contribution >= 0.6 is 0 Å². The topological polar surface area (TPSA) is 117 Å². The SMILES string of the molecule is O=C1CCN(CCCCCS(=O)(=O)NC2(c3ccc(F)c(OCC4CC4)c3)CCNCC2)C(=O)N1. The number of urea groups is 1. The maximum atomic E-state index is 14.4. The lowest BCUT2D eigenvalue weighted by Gasteiger charge is -2.39. The number of amides is 3. The van der Waals surface area contributed by atoms with Crippen molar-refractivity contribution in [2.24, 2.45) is 5.92 Å². The van der Waals surface area contributed by atoms with Crippen LogP contribution in [0, 0.1) is 11.7 Å². The molecule has 0 bridgehead atoms. The minimum Gasteiger partial charge on any atom is -0.490 e. The summed E-state index contributed by atoms with van der Waals surface area (Å²) in [5, 5.41) is 5.56. The first kappa shape index (κ1) is 25.8. The van der Waals surface area contributed by atoms with Gasteiger partial charge in [-0.25, -0.2) is 22.3 Å².